The number of nitrogens with one attached hydrogen (secondary N) is 1. The van der Waals surface area contributed by atoms with Crippen molar-refractivity contribution in [1.82, 2.24) is 5.32 Å². The van der Waals surface area contributed by atoms with Crippen molar-refractivity contribution in [3.05, 3.63) is 47.0 Å². The van der Waals surface area contributed by atoms with Gasteiger partial charge >= 0.3 is 0 Å². The number of fused-ring (bicyclic) bond motifs is 2. The Bertz CT molecular complexity index is 901. The number of amides is 2. The molecule has 8 heteroatoms. The summed E-state index contributed by atoms with van der Waals surface area (Å²) in [5.74, 6) is 0.697. The molecule has 134 valence electrons. The molecule has 2 aromatic carbocycles. The predicted molar refractivity (Wildman–Crippen MR) is 94.2 cm³/mol. The lowest BCUT2D eigenvalue weighted by atomic mass is 10.1. The molecule has 2 aromatic rings. The number of halogens is 1. The molecule has 1 N–H and O–H groups in total. The zero-order chi connectivity index (χ0) is 18.3. The minimum atomic E-state index is -0.802. The van der Waals surface area contributed by atoms with Crippen molar-refractivity contribution in [2.24, 2.45) is 0 Å². The van der Waals surface area contributed by atoms with E-state index in [0.717, 1.165) is 0 Å². The Labute approximate surface area is 154 Å². The number of hydrogen-bond donors (Lipinski definition) is 1. The topological polar surface area (TPSA) is 77.1 Å². The molecule has 0 saturated heterocycles. The maximum atomic E-state index is 13.2. The molecule has 0 aliphatic carbocycles. The van der Waals surface area contributed by atoms with Crippen LogP contribution in [-0.4, -0.2) is 38.3 Å². The van der Waals surface area contributed by atoms with E-state index in [4.69, 9.17) is 25.8 Å². The first kappa shape index (κ1) is 16.5. The lowest BCUT2D eigenvalue weighted by Crippen LogP contribution is -2.50. The summed E-state index contributed by atoms with van der Waals surface area (Å²) in [6.07, 6.45) is -0.802. The van der Waals surface area contributed by atoms with E-state index in [9.17, 15) is 9.59 Å². The molecular weight excluding hydrogens is 360 g/mol. The first-order valence-corrected chi connectivity index (χ1v) is 8.34. The Morgan fingerprint density at radius 2 is 2.00 bits per heavy atom. The Morgan fingerprint density at radius 3 is 2.81 bits per heavy atom. The fourth-order valence-electron chi connectivity index (χ4n) is 2.97. The van der Waals surface area contributed by atoms with E-state index in [-0.39, 0.29) is 25.2 Å². The molecule has 4 rings (SSSR count). The van der Waals surface area contributed by atoms with E-state index in [0.29, 0.717) is 33.5 Å². The Hall–Kier alpha value is -2.93. The molecule has 0 spiro atoms. The summed E-state index contributed by atoms with van der Waals surface area (Å²) in [6, 6.07) is 10.2. The lowest BCUT2D eigenvalue weighted by Gasteiger charge is -2.34. The van der Waals surface area contributed by atoms with Crippen molar-refractivity contribution < 1.29 is 23.8 Å². The summed E-state index contributed by atoms with van der Waals surface area (Å²) in [7, 11) is 1.52. The first-order valence-electron chi connectivity index (χ1n) is 7.97. The van der Waals surface area contributed by atoms with Gasteiger partial charge in [0.05, 0.1) is 17.3 Å². The summed E-state index contributed by atoms with van der Waals surface area (Å²) < 4.78 is 16.3. The van der Waals surface area contributed by atoms with Crippen molar-refractivity contribution in [2.45, 2.75) is 6.10 Å². The number of ether oxygens (including phenoxy) is 3. The molecule has 0 aromatic heterocycles. The van der Waals surface area contributed by atoms with Crippen molar-refractivity contribution in [1.29, 1.82) is 0 Å². The highest BCUT2D eigenvalue weighted by molar-refractivity contribution is 6.33. The van der Waals surface area contributed by atoms with Crippen LogP contribution >= 0.6 is 11.6 Å². The van der Waals surface area contributed by atoms with Gasteiger partial charge in [0, 0.05) is 12.6 Å². The fourth-order valence-corrected chi connectivity index (χ4v) is 3.24. The van der Waals surface area contributed by atoms with Crippen LogP contribution in [0.3, 0.4) is 0 Å². The van der Waals surface area contributed by atoms with E-state index < -0.39 is 6.10 Å². The average molecular weight is 375 g/mol. The summed E-state index contributed by atoms with van der Waals surface area (Å²) in [6.45, 7) is 0.146. The summed E-state index contributed by atoms with van der Waals surface area (Å²) in [5.41, 5.74) is 0.929. The first-order chi connectivity index (χ1) is 12.6. The molecule has 0 bridgehead atoms. The monoisotopic (exact) mass is 374 g/mol. The second kappa shape index (κ2) is 6.42. The molecular formula is C18H15ClN2O5. The van der Waals surface area contributed by atoms with Gasteiger partial charge in [-0.2, -0.15) is 0 Å². The lowest BCUT2D eigenvalue weighted by molar-refractivity contribution is -0.127. The third kappa shape index (κ3) is 2.70. The van der Waals surface area contributed by atoms with E-state index in [1.807, 2.05) is 0 Å². The average Bonchev–Trinajstić information content (AvgIpc) is 3.15. The van der Waals surface area contributed by atoms with Crippen molar-refractivity contribution in [3.8, 4) is 17.2 Å². The number of rotatable bonds is 2. The molecule has 26 heavy (non-hydrogen) atoms. The Morgan fingerprint density at radius 1 is 1.19 bits per heavy atom. The SMILES string of the molecule is CNC(=O)[C@H]1CN(C(=O)c2cc(Cl)c3c(c2)OCO3)c2ccccc2O1. The van der Waals surface area contributed by atoms with Crippen LogP contribution in [0.1, 0.15) is 10.4 Å². The normalized spacial score (nSPS) is 17.3. The number of para-hydroxylation sites is 2. The molecule has 0 fully saturated rings. The smallest absolute Gasteiger partial charge is 0.262 e. The number of carbonyl (C=O) groups is 2. The van der Waals surface area contributed by atoms with E-state index in [1.165, 1.54) is 18.0 Å². The molecule has 7 nitrogen and oxygen atoms in total. The highest BCUT2D eigenvalue weighted by Gasteiger charge is 2.34. The van der Waals surface area contributed by atoms with Crippen LogP contribution in [0.15, 0.2) is 36.4 Å². The van der Waals surface area contributed by atoms with Crippen LogP contribution in [0.5, 0.6) is 17.2 Å². The van der Waals surface area contributed by atoms with Crippen molar-refractivity contribution in [3.63, 3.8) is 0 Å². The molecule has 2 amide bonds. The number of likely N-dealkylation sites (N-methyl/N-ethyl adjacent to an activating group) is 1. The number of anilines is 1. The molecule has 0 saturated carbocycles. The van der Waals surface area contributed by atoms with Gasteiger partial charge < -0.3 is 24.4 Å². The zero-order valence-corrected chi connectivity index (χ0v) is 14.6. The van der Waals surface area contributed by atoms with Gasteiger partial charge in [0.2, 0.25) is 6.79 Å². The summed E-state index contributed by atoms with van der Waals surface area (Å²) in [4.78, 5) is 26.7. The second-order valence-electron chi connectivity index (χ2n) is 5.80. The van der Waals surface area contributed by atoms with Crippen molar-refractivity contribution in [2.75, 3.05) is 25.3 Å². The standard InChI is InChI=1S/C18H15ClN2O5/c1-20-17(22)15-8-21(12-4-2-3-5-13(12)26-15)18(23)10-6-11(19)16-14(7-10)24-9-25-16/h2-7,15H,8-9H2,1H3,(H,20,22)/t15-/m1/s1. The molecule has 1 atom stereocenters. The summed E-state index contributed by atoms with van der Waals surface area (Å²) >= 11 is 6.20. The van der Waals surface area contributed by atoms with Gasteiger partial charge in [-0.1, -0.05) is 23.7 Å². The van der Waals surface area contributed by atoms with Gasteiger partial charge in [0.15, 0.2) is 17.6 Å². The number of carbonyl (C=O) groups excluding carboxylic acids is 2. The van der Waals surface area contributed by atoms with Crippen LogP contribution in [0.4, 0.5) is 5.69 Å². The maximum Gasteiger partial charge on any atom is 0.262 e. The second-order valence-corrected chi connectivity index (χ2v) is 6.20. The van der Waals surface area contributed by atoms with Gasteiger partial charge in [0.25, 0.3) is 11.8 Å². The van der Waals surface area contributed by atoms with Crippen LogP contribution < -0.4 is 24.4 Å². The fraction of sp³-hybridized carbons (Fsp3) is 0.222. The number of nitrogens with zero attached hydrogens (tertiary/aromatic N) is 1. The van der Waals surface area contributed by atoms with Gasteiger partial charge in [0.1, 0.15) is 5.75 Å². The van der Waals surface area contributed by atoms with Gasteiger partial charge in [-0.05, 0) is 24.3 Å². The Balaban J connectivity index is 1.73. The van der Waals surface area contributed by atoms with Gasteiger partial charge in [-0.25, -0.2) is 0 Å². The summed E-state index contributed by atoms with van der Waals surface area (Å²) in [5, 5.41) is 2.85. The quantitative estimate of drug-likeness (QED) is 0.872. The van der Waals surface area contributed by atoms with Crippen LogP contribution in [0.25, 0.3) is 0 Å². The van der Waals surface area contributed by atoms with Gasteiger partial charge in [-0.15, -0.1) is 0 Å². The number of benzene rings is 2. The maximum absolute atomic E-state index is 13.2. The molecule has 2 aliphatic heterocycles. The van der Waals surface area contributed by atoms with Crippen molar-refractivity contribution >= 4 is 29.1 Å². The molecule has 0 radical (unpaired) electrons. The largest absolute Gasteiger partial charge is 0.477 e. The Kier molecular flexibility index (Phi) is 4.08. The molecule has 0 unspecified atom stereocenters. The van der Waals surface area contributed by atoms with Crippen LogP contribution in [0, 0.1) is 0 Å². The minimum absolute atomic E-state index is 0.0613. The molecule has 2 heterocycles. The van der Waals surface area contributed by atoms with E-state index in [1.54, 1.807) is 30.3 Å². The third-order valence-electron chi connectivity index (χ3n) is 4.23. The predicted octanol–water partition coefficient (Wildman–Crippen LogP) is 2.22. The highest BCUT2D eigenvalue weighted by Crippen LogP contribution is 2.41. The van der Waals surface area contributed by atoms with E-state index in [2.05, 4.69) is 5.32 Å². The zero-order valence-electron chi connectivity index (χ0n) is 13.8. The van der Waals surface area contributed by atoms with Crippen LogP contribution in [-0.2, 0) is 4.79 Å². The molecule has 2 aliphatic rings. The third-order valence-corrected chi connectivity index (χ3v) is 4.51. The van der Waals surface area contributed by atoms with Gasteiger partial charge in [-0.3, -0.25) is 9.59 Å². The van der Waals surface area contributed by atoms with Crippen LogP contribution in [0.2, 0.25) is 5.02 Å². The number of hydrogen-bond acceptors (Lipinski definition) is 5. The van der Waals surface area contributed by atoms with E-state index >= 15 is 0 Å². The highest BCUT2D eigenvalue weighted by atomic mass is 35.5. The minimum Gasteiger partial charge on any atom is -0.477 e.